The maximum atomic E-state index is 11.0. The number of rotatable bonds is 1. The van der Waals surface area contributed by atoms with Crippen molar-refractivity contribution in [3.05, 3.63) is 11.5 Å². The summed E-state index contributed by atoms with van der Waals surface area (Å²) >= 11 is 0. The molecule has 106 valence electrons. The van der Waals surface area contributed by atoms with Gasteiger partial charge in [0.2, 0.25) is 0 Å². The molecule has 2 heterocycles. The van der Waals surface area contributed by atoms with Crippen LogP contribution in [0.4, 0.5) is 4.79 Å². The molecule has 1 saturated heterocycles. The van der Waals surface area contributed by atoms with Crippen molar-refractivity contribution in [3.8, 4) is 0 Å². The first-order valence-electron chi connectivity index (χ1n) is 6.68. The lowest BCUT2D eigenvalue weighted by Crippen LogP contribution is -2.42. The summed E-state index contributed by atoms with van der Waals surface area (Å²) in [6.07, 6.45) is 1.69. The number of hydrogen-bond donors (Lipinski definition) is 1. The van der Waals surface area contributed by atoms with Crippen LogP contribution < -0.4 is 0 Å². The molecule has 0 aliphatic carbocycles. The highest BCUT2D eigenvalue weighted by Crippen LogP contribution is 2.39. The van der Waals surface area contributed by atoms with E-state index in [1.165, 1.54) is 4.90 Å². The third-order valence-corrected chi connectivity index (χ3v) is 4.42. The van der Waals surface area contributed by atoms with Crippen molar-refractivity contribution in [1.29, 1.82) is 0 Å². The lowest BCUT2D eigenvalue weighted by molar-refractivity contribution is 0.00578. The first-order chi connectivity index (χ1) is 8.64. The fraction of sp³-hybridized carbons (Fsp3) is 0.769. The minimum atomic E-state index is -0.878. The first kappa shape index (κ1) is 14.4. The van der Waals surface area contributed by atoms with Crippen molar-refractivity contribution < 1.29 is 19.2 Å². The zero-order valence-corrected chi connectivity index (χ0v) is 12.3. The van der Waals surface area contributed by atoms with Crippen LogP contribution in [0.3, 0.4) is 0 Å². The molecule has 2 rings (SSSR count). The molecule has 1 atom stereocenters. The van der Waals surface area contributed by atoms with E-state index in [0.717, 1.165) is 5.47 Å². The molecule has 0 aromatic carbocycles. The van der Waals surface area contributed by atoms with Crippen molar-refractivity contribution >= 4 is 13.2 Å². The summed E-state index contributed by atoms with van der Waals surface area (Å²) in [6.45, 7) is 10.4. The Morgan fingerprint density at radius 1 is 1.37 bits per heavy atom. The molecule has 0 saturated carbocycles. The van der Waals surface area contributed by atoms with E-state index in [4.69, 9.17) is 14.4 Å². The molecule has 2 aliphatic heterocycles. The standard InChI is InChI=1S/C13H22BNO4/c1-9-8-10(6-7-15(9)11(16)17)14-18-12(2,3)13(4,5)19-14/h6,9H,7-8H2,1-5H3,(H,16,17)/t9-/m1/s1. The van der Waals surface area contributed by atoms with Crippen LogP contribution in [0, 0.1) is 0 Å². The van der Waals surface area contributed by atoms with E-state index < -0.39 is 6.09 Å². The van der Waals surface area contributed by atoms with Crippen LogP contribution in [0.5, 0.6) is 0 Å². The van der Waals surface area contributed by atoms with Crippen LogP contribution in [0.25, 0.3) is 0 Å². The molecular formula is C13H22BNO4. The van der Waals surface area contributed by atoms with Gasteiger partial charge < -0.3 is 19.3 Å². The SMILES string of the molecule is C[C@@H]1CC(B2OC(C)(C)C(C)(C)O2)=CCN1C(=O)O. The van der Waals surface area contributed by atoms with Crippen LogP contribution in [-0.2, 0) is 9.31 Å². The first-order valence-corrected chi connectivity index (χ1v) is 6.68. The molecule has 0 aromatic heterocycles. The zero-order chi connectivity index (χ0) is 14.4. The van der Waals surface area contributed by atoms with E-state index in [9.17, 15) is 4.79 Å². The maximum Gasteiger partial charge on any atom is 0.490 e. The van der Waals surface area contributed by atoms with Crippen molar-refractivity contribution in [2.75, 3.05) is 6.54 Å². The Labute approximate surface area is 114 Å². The van der Waals surface area contributed by atoms with Crippen LogP contribution >= 0.6 is 0 Å². The van der Waals surface area contributed by atoms with Crippen LogP contribution in [0.1, 0.15) is 41.0 Å². The second-order valence-electron chi connectivity index (χ2n) is 6.36. The van der Waals surface area contributed by atoms with Gasteiger partial charge in [-0.1, -0.05) is 6.08 Å². The quantitative estimate of drug-likeness (QED) is 0.741. The van der Waals surface area contributed by atoms with Gasteiger partial charge in [-0.15, -0.1) is 0 Å². The molecule has 0 unspecified atom stereocenters. The van der Waals surface area contributed by atoms with Gasteiger partial charge in [0.15, 0.2) is 0 Å². The van der Waals surface area contributed by atoms with E-state index in [1.807, 2.05) is 40.7 Å². The second-order valence-corrected chi connectivity index (χ2v) is 6.36. The van der Waals surface area contributed by atoms with Gasteiger partial charge in [0.1, 0.15) is 0 Å². The summed E-state index contributed by atoms with van der Waals surface area (Å²) in [6, 6.07) is -0.0449. The maximum absolute atomic E-state index is 11.0. The molecule has 0 bridgehead atoms. The minimum absolute atomic E-state index is 0.0449. The summed E-state index contributed by atoms with van der Waals surface area (Å²) in [7, 11) is -0.358. The van der Waals surface area contributed by atoms with Crippen LogP contribution in [0.2, 0.25) is 0 Å². The Balaban J connectivity index is 2.12. The van der Waals surface area contributed by atoms with Crippen molar-refractivity contribution in [2.45, 2.75) is 58.3 Å². The number of hydrogen-bond acceptors (Lipinski definition) is 3. The molecule has 1 N–H and O–H groups in total. The molecule has 2 aliphatic rings. The highest BCUT2D eigenvalue weighted by Gasteiger charge is 2.52. The Morgan fingerprint density at radius 2 is 1.89 bits per heavy atom. The average molecular weight is 267 g/mol. The van der Waals surface area contributed by atoms with Crippen molar-refractivity contribution in [2.24, 2.45) is 0 Å². The van der Waals surface area contributed by atoms with E-state index in [-0.39, 0.29) is 24.4 Å². The van der Waals surface area contributed by atoms with Gasteiger partial charge in [-0.25, -0.2) is 4.79 Å². The van der Waals surface area contributed by atoms with E-state index in [0.29, 0.717) is 13.0 Å². The highest BCUT2D eigenvalue weighted by molar-refractivity contribution is 6.54. The normalized spacial score (nSPS) is 29.3. The van der Waals surface area contributed by atoms with Crippen molar-refractivity contribution in [3.63, 3.8) is 0 Å². The highest BCUT2D eigenvalue weighted by atomic mass is 16.7. The number of carbonyl (C=O) groups is 1. The molecule has 0 radical (unpaired) electrons. The monoisotopic (exact) mass is 267 g/mol. The van der Waals surface area contributed by atoms with Gasteiger partial charge in [-0.05, 0) is 46.5 Å². The van der Waals surface area contributed by atoms with Gasteiger partial charge in [0, 0.05) is 12.6 Å². The van der Waals surface area contributed by atoms with E-state index in [2.05, 4.69) is 0 Å². The van der Waals surface area contributed by atoms with Crippen LogP contribution in [-0.4, -0.2) is 47.0 Å². The molecule has 1 amide bonds. The summed E-state index contributed by atoms with van der Waals surface area (Å²) in [5.74, 6) is 0. The lowest BCUT2D eigenvalue weighted by Gasteiger charge is -2.32. The molecule has 1 fully saturated rings. The van der Waals surface area contributed by atoms with Gasteiger partial charge in [-0.2, -0.15) is 0 Å². The smallest absolute Gasteiger partial charge is 0.465 e. The largest absolute Gasteiger partial charge is 0.490 e. The Bertz CT molecular complexity index is 403. The van der Waals surface area contributed by atoms with Gasteiger partial charge in [0.05, 0.1) is 11.2 Å². The molecule has 6 heteroatoms. The second kappa shape index (κ2) is 4.53. The Hall–Kier alpha value is -1.01. The lowest BCUT2D eigenvalue weighted by atomic mass is 9.73. The zero-order valence-electron chi connectivity index (χ0n) is 12.3. The molecule has 5 nitrogen and oxygen atoms in total. The molecule has 19 heavy (non-hydrogen) atoms. The fourth-order valence-corrected chi connectivity index (χ4v) is 2.38. The third-order valence-electron chi connectivity index (χ3n) is 4.42. The van der Waals surface area contributed by atoms with E-state index in [1.54, 1.807) is 0 Å². The fourth-order valence-electron chi connectivity index (χ4n) is 2.38. The predicted molar refractivity (Wildman–Crippen MR) is 73.0 cm³/mol. The molecular weight excluding hydrogens is 245 g/mol. The Kier molecular flexibility index (Phi) is 3.43. The van der Waals surface area contributed by atoms with Gasteiger partial charge >= 0.3 is 13.2 Å². The summed E-state index contributed by atoms with van der Waals surface area (Å²) in [4.78, 5) is 12.5. The predicted octanol–water partition coefficient (Wildman–Crippen LogP) is 2.32. The van der Waals surface area contributed by atoms with Crippen molar-refractivity contribution in [1.82, 2.24) is 4.90 Å². The summed E-state index contributed by atoms with van der Waals surface area (Å²) in [5.41, 5.74) is 0.334. The topological polar surface area (TPSA) is 59.0 Å². The number of nitrogens with zero attached hydrogens (tertiary/aromatic N) is 1. The van der Waals surface area contributed by atoms with Crippen LogP contribution in [0.15, 0.2) is 11.5 Å². The minimum Gasteiger partial charge on any atom is -0.465 e. The van der Waals surface area contributed by atoms with E-state index >= 15 is 0 Å². The Morgan fingerprint density at radius 3 is 2.32 bits per heavy atom. The summed E-state index contributed by atoms with van der Waals surface area (Å²) < 4.78 is 12.0. The average Bonchev–Trinajstić information content (AvgIpc) is 2.47. The number of amides is 1. The molecule has 0 spiro atoms. The molecule has 0 aromatic rings. The van der Waals surface area contributed by atoms with Gasteiger partial charge in [-0.3, -0.25) is 0 Å². The van der Waals surface area contributed by atoms with Gasteiger partial charge in [0.25, 0.3) is 0 Å². The third kappa shape index (κ3) is 2.51. The summed E-state index contributed by atoms with van der Waals surface area (Å²) in [5, 5.41) is 9.06. The number of carboxylic acid groups (broad SMARTS) is 1.